The average Bonchev–Trinajstić information content (AvgIpc) is 2.59. The fraction of sp³-hybridized carbons (Fsp3) is 0.889. The van der Waals surface area contributed by atoms with Gasteiger partial charge in [-0.25, -0.2) is 21.6 Å². The summed E-state index contributed by atoms with van der Waals surface area (Å²) in [5.41, 5.74) is -6.62. The number of sulfonamides is 2. The number of nitrogens with zero attached hydrogens (tertiary/aromatic N) is 2. The standard InChI is InChI=1S/C9H12F9N3O8S3/c10-6(11,7(12,13)30(24,25)19-31(26,27)9(16,17)18)8(14,15)32(28,29)21-3-1-20(2-4-21)5(22)23/h30H,1-4H2,(H,22,23)(H2,19,24,25). The zero-order chi connectivity index (χ0) is 25.8. The van der Waals surface area contributed by atoms with Crippen molar-refractivity contribution in [3.05, 3.63) is 0 Å². The molecule has 0 spiro atoms. The Kier molecular flexibility index (Phi) is 7.24. The predicted molar refractivity (Wildman–Crippen MR) is 85.2 cm³/mol. The van der Waals surface area contributed by atoms with Gasteiger partial charge in [-0.3, -0.25) is 4.55 Å². The van der Waals surface area contributed by atoms with Crippen LogP contribution < -0.4 is 4.13 Å². The molecule has 192 valence electrons. The summed E-state index contributed by atoms with van der Waals surface area (Å²) in [5.74, 6) is -7.44. The zero-order valence-electron chi connectivity index (χ0n) is 14.7. The van der Waals surface area contributed by atoms with Gasteiger partial charge in [0.15, 0.2) is 0 Å². The Morgan fingerprint density at radius 3 is 1.62 bits per heavy atom. The fourth-order valence-corrected chi connectivity index (χ4v) is 6.27. The molecule has 11 nitrogen and oxygen atoms in total. The molecule has 0 bridgehead atoms. The Bertz CT molecular complexity index is 1000. The third-order valence-electron chi connectivity index (χ3n) is 3.85. The molecule has 0 aliphatic carbocycles. The van der Waals surface area contributed by atoms with Crippen LogP contribution in [0.25, 0.3) is 0 Å². The zero-order valence-corrected chi connectivity index (χ0v) is 17.3. The van der Waals surface area contributed by atoms with E-state index in [1.165, 1.54) is 0 Å². The number of amides is 1. The monoisotopic (exact) mass is 557 g/mol. The highest BCUT2D eigenvalue weighted by Crippen LogP contribution is 2.52. The van der Waals surface area contributed by atoms with Crippen LogP contribution in [-0.4, -0.2) is 94.1 Å². The number of piperazine rings is 1. The molecule has 1 aliphatic rings. The SMILES string of the molecule is O=C(O)N1CCN(S(=O)(=O)C(F)(F)C(F)(F)C(F)(F)[SH](=O)(O)NS(=O)(=O)C(F)(F)F)CC1. The molecule has 0 aromatic heterocycles. The second kappa shape index (κ2) is 8.11. The first kappa shape index (κ1) is 28.6. The van der Waals surface area contributed by atoms with Crippen molar-refractivity contribution < 1.29 is 75.0 Å². The van der Waals surface area contributed by atoms with Crippen LogP contribution in [0.3, 0.4) is 0 Å². The van der Waals surface area contributed by atoms with Gasteiger partial charge in [0.2, 0.25) is 0 Å². The number of carboxylic acid groups (broad SMARTS) is 1. The van der Waals surface area contributed by atoms with Crippen LogP contribution in [-0.2, 0) is 30.4 Å². The molecule has 0 saturated carbocycles. The Morgan fingerprint density at radius 1 is 0.875 bits per heavy atom. The molecule has 0 aromatic rings. The molecule has 0 aromatic carbocycles. The molecule has 32 heavy (non-hydrogen) atoms. The number of carbonyl (C=O) groups is 1. The summed E-state index contributed by atoms with van der Waals surface area (Å²) in [7, 11) is -22.1. The van der Waals surface area contributed by atoms with E-state index >= 15 is 0 Å². The summed E-state index contributed by atoms with van der Waals surface area (Å²) < 4.78 is 184. The molecule has 1 fully saturated rings. The summed E-state index contributed by atoms with van der Waals surface area (Å²) in [5, 5.41) is -5.60. The maximum Gasteiger partial charge on any atom is 0.512 e. The van der Waals surface area contributed by atoms with Gasteiger partial charge in [-0.2, -0.15) is 48.0 Å². The molecule has 1 aliphatic heterocycles. The molecular formula is C9H12F9N3O8S3. The first-order valence-corrected chi connectivity index (χ1v) is 12.0. The van der Waals surface area contributed by atoms with Gasteiger partial charge in [-0.1, -0.05) is 10.4 Å². The number of thiol groups is 1. The topological polar surface area (TPSA) is 161 Å². The summed E-state index contributed by atoms with van der Waals surface area (Å²) >= 11 is 0. The van der Waals surface area contributed by atoms with Crippen LogP contribution >= 0.6 is 0 Å². The second-order valence-corrected chi connectivity index (χ2v) is 11.8. The van der Waals surface area contributed by atoms with Gasteiger partial charge in [-0.05, 0) is 0 Å². The lowest BCUT2D eigenvalue weighted by Gasteiger charge is -2.41. The lowest BCUT2D eigenvalue weighted by Crippen LogP contribution is -2.68. The highest BCUT2D eigenvalue weighted by atomic mass is 32.3. The minimum atomic E-state index is -7.95. The summed E-state index contributed by atoms with van der Waals surface area (Å²) in [6, 6.07) is 0. The van der Waals surface area contributed by atoms with Crippen LogP contribution in [0.2, 0.25) is 0 Å². The van der Waals surface area contributed by atoms with Crippen LogP contribution in [0.15, 0.2) is 0 Å². The van der Waals surface area contributed by atoms with E-state index in [2.05, 4.69) is 0 Å². The van der Waals surface area contributed by atoms with Crippen molar-refractivity contribution in [3.8, 4) is 0 Å². The van der Waals surface area contributed by atoms with E-state index in [0.717, 1.165) is 0 Å². The second-order valence-electron chi connectivity index (χ2n) is 5.92. The molecular weight excluding hydrogens is 545 g/mol. The molecule has 1 heterocycles. The molecule has 23 heteroatoms. The first-order chi connectivity index (χ1) is 13.9. The molecule has 0 radical (unpaired) electrons. The molecule has 0 atom stereocenters. The highest BCUT2D eigenvalue weighted by Gasteiger charge is 2.81. The molecule has 1 amide bonds. The third-order valence-corrected chi connectivity index (χ3v) is 9.40. The van der Waals surface area contributed by atoms with E-state index in [9.17, 15) is 65.4 Å². The van der Waals surface area contributed by atoms with Gasteiger partial charge in [-0.15, -0.1) is 4.13 Å². The fourth-order valence-electron chi connectivity index (χ4n) is 2.08. The quantitative estimate of drug-likeness (QED) is 0.256. The van der Waals surface area contributed by atoms with Gasteiger partial charge in [0.25, 0.3) is 10.0 Å². The molecule has 1 saturated heterocycles. The van der Waals surface area contributed by atoms with Crippen LogP contribution in [0.5, 0.6) is 0 Å². The summed E-state index contributed by atoms with van der Waals surface area (Å²) in [4.78, 5) is 11.1. The van der Waals surface area contributed by atoms with Crippen LogP contribution in [0.1, 0.15) is 0 Å². The van der Waals surface area contributed by atoms with Crippen molar-refractivity contribution in [3.63, 3.8) is 0 Å². The van der Waals surface area contributed by atoms with Crippen molar-refractivity contribution in [2.24, 2.45) is 0 Å². The van der Waals surface area contributed by atoms with Crippen molar-refractivity contribution in [2.75, 3.05) is 26.2 Å². The summed E-state index contributed by atoms with van der Waals surface area (Å²) in [6.07, 6.45) is -1.68. The summed E-state index contributed by atoms with van der Waals surface area (Å²) in [6.45, 7) is -4.25. The number of nitrogens with one attached hydrogen (secondary N) is 1. The van der Waals surface area contributed by atoms with E-state index in [-0.39, 0.29) is 0 Å². The van der Waals surface area contributed by atoms with Gasteiger partial charge in [0, 0.05) is 26.2 Å². The Morgan fingerprint density at radius 2 is 1.28 bits per heavy atom. The Labute approximate surface area is 173 Å². The molecule has 0 unspecified atom stereocenters. The van der Waals surface area contributed by atoms with E-state index in [1.54, 1.807) is 0 Å². The number of hydrogen-bond acceptors (Lipinski definition) is 6. The maximum atomic E-state index is 14.1. The average molecular weight is 557 g/mol. The van der Waals surface area contributed by atoms with Crippen molar-refractivity contribution >= 4 is 36.5 Å². The Hall–Kier alpha value is -1.43. The minimum Gasteiger partial charge on any atom is -0.465 e. The van der Waals surface area contributed by atoms with Gasteiger partial charge in [0.1, 0.15) is 0 Å². The smallest absolute Gasteiger partial charge is 0.465 e. The van der Waals surface area contributed by atoms with Crippen molar-refractivity contribution in [1.82, 2.24) is 13.3 Å². The maximum absolute atomic E-state index is 14.1. The highest BCUT2D eigenvalue weighted by molar-refractivity contribution is 8.09. The van der Waals surface area contributed by atoms with Crippen LogP contribution in [0.4, 0.5) is 44.3 Å². The first-order valence-electron chi connectivity index (χ1n) is 7.41. The predicted octanol–water partition coefficient (Wildman–Crippen LogP) is 0.277. The van der Waals surface area contributed by atoms with E-state index < -0.39 is 93.1 Å². The third kappa shape index (κ3) is 4.49. The lowest BCUT2D eigenvalue weighted by molar-refractivity contribution is -0.246. The lowest BCUT2D eigenvalue weighted by atomic mass is 10.3. The number of halogens is 9. The van der Waals surface area contributed by atoms with Gasteiger partial charge in [0.05, 0.1) is 0 Å². The van der Waals surface area contributed by atoms with Crippen LogP contribution in [0, 0.1) is 0 Å². The van der Waals surface area contributed by atoms with Crippen molar-refractivity contribution in [1.29, 1.82) is 0 Å². The minimum absolute atomic E-state index is 0.435. The van der Waals surface area contributed by atoms with Gasteiger partial charge < -0.3 is 10.0 Å². The van der Waals surface area contributed by atoms with Gasteiger partial charge >= 0.3 is 38.1 Å². The normalized spacial score (nSPS) is 19.1. The van der Waals surface area contributed by atoms with E-state index in [4.69, 9.17) is 9.66 Å². The van der Waals surface area contributed by atoms with Crippen molar-refractivity contribution in [2.45, 2.75) is 21.9 Å². The van der Waals surface area contributed by atoms with E-state index in [0.29, 0.717) is 4.90 Å². The molecule has 1 rings (SSSR count). The van der Waals surface area contributed by atoms with E-state index in [1.807, 2.05) is 0 Å². The number of rotatable bonds is 7. The largest absolute Gasteiger partial charge is 0.512 e. The number of alkyl halides is 9. The number of hydrogen-bond donors (Lipinski definition) is 4. The molecule has 3 N–H and O–H groups in total. The Balaban J connectivity index is 3.39.